The summed E-state index contributed by atoms with van der Waals surface area (Å²) in [5.41, 5.74) is 4.02. The van der Waals surface area contributed by atoms with Gasteiger partial charge in [0.25, 0.3) is 0 Å². The molecule has 5 rings (SSSR count). The number of nitrogens with zero attached hydrogens (tertiary/aromatic N) is 1. The van der Waals surface area contributed by atoms with Crippen LogP contribution in [0.4, 0.5) is 0 Å². The van der Waals surface area contributed by atoms with Crippen LogP contribution in [0, 0.1) is 10.6 Å². The van der Waals surface area contributed by atoms with Crippen molar-refractivity contribution in [2.75, 3.05) is 0 Å². The molecule has 0 saturated heterocycles. The third-order valence-corrected chi connectivity index (χ3v) is 4.75. The molecule has 3 aromatic rings. The third kappa shape index (κ3) is 1.92. The fraction of sp³-hybridized carbons (Fsp3) is 0.0952. The lowest BCUT2D eigenvalue weighted by molar-refractivity contribution is 1.09. The van der Waals surface area contributed by atoms with Gasteiger partial charge in [-0.05, 0) is 29.2 Å². The van der Waals surface area contributed by atoms with Crippen LogP contribution < -0.4 is 10.6 Å². The average Bonchev–Trinajstić information content (AvgIpc) is 3.07. The highest BCUT2D eigenvalue weighted by Gasteiger charge is 2.12. The van der Waals surface area contributed by atoms with E-state index in [2.05, 4.69) is 53.6 Å². The molecule has 0 bridgehead atoms. The first-order valence-corrected chi connectivity index (χ1v) is 8.04. The highest BCUT2D eigenvalue weighted by molar-refractivity contribution is 5.56. The molecule has 2 heteroatoms. The molecule has 2 aromatic carbocycles. The lowest BCUT2D eigenvalue weighted by Gasteiger charge is -2.12. The largest absolute Gasteiger partial charge is 0.338 e. The summed E-state index contributed by atoms with van der Waals surface area (Å²) >= 11 is 0. The summed E-state index contributed by atoms with van der Waals surface area (Å²) in [5, 5.41) is 4.86. The number of H-pyrrole nitrogens is 1. The fourth-order valence-corrected chi connectivity index (χ4v) is 3.60. The SMILES string of the molecule is C1=CCc2c3c(ccc2=C1)=c1nc(-c2ccccc2)[nH]c1=CC3. The summed E-state index contributed by atoms with van der Waals surface area (Å²) in [7, 11) is 0. The highest BCUT2D eigenvalue weighted by Crippen LogP contribution is 2.17. The van der Waals surface area contributed by atoms with Crippen LogP contribution in [-0.4, -0.2) is 9.97 Å². The molecular formula is C21H16N2. The Labute approximate surface area is 133 Å². The maximum absolute atomic E-state index is 4.90. The smallest absolute Gasteiger partial charge is 0.138 e. The number of hydrogen-bond donors (Lipinski definition) is 1. The maximum Gasteiger partial charge on any atom is 0.138 e. The molecule has 1 heterocycles. The van der Waals surface area contributed by atoms with Crippen LogP contribution in [0.1, 0.15) is 11.1 Å². The van der Waals surface area contributed by atoms with E-state index in [0.29, 0.717) is 0 Å². The lowest BCUT2D eigenvalue weighted by atomic mass is 9.93. The van der Waals surface area contributed by atoms with Gasteiger partial charge in [0, 0.05) is 10.8 Å². The van der Waals surface area contributed by atoms with Crippen LogP contribution in [0.2, 0.25) is 0 Å². The van der Waals surface area contributed by atoms with Crippen molar-refractivity contribution in [2.24, 2.45) is 0 Å². The fourth-order valence-electron chi connectivity index (χ4n) is 3.60. The summed E-state index contributed by atoms with van der Waals surface area (Å²) in [6.07, 6.45) is 10.9. The zero-order valence-corrected chi connectivity index (χ0v) is 12.7. The topological polar surface area (TPSA) is 28.7 Å². The van der Waals surface area contributed by atoms with Crippen molar-refractivity contribution in [3.63, 3.8) is 0 Å². The van der Waals surface area contributed by atoms with Gasteiger partial charge in [-0.25, -0.2) is 4.98 Å². The number of benzene rings is 2. The summed E-state index contributed by atoms with van der Waals surface area (Å²) in [6.45, 7) is 0. The molecule has 110 valence electrons. The maximum atomic E-state index is 4.90. The standard InChI is InChI=1S/C21H16N2/c1-2-7-15(8-3-1)21-22-19-13-12-17-16-9-5-4-6-14(16)10-11-18(17)20(19)23-21/h1-8,10-11,13H,9,12H2,(H,22,23). The normalized spacial score (nSPS) is 14.3. The molecule has 2 nitrogen and oxygen atoms in total. The van der Waals surface area contributed by atoms with Crippen molar-refractivity contribution >= 4 is 12.2 Å². The van der Waals surface area contributed by atoms with Gasteiger partial charge in [0.1, 0.15) is 5.82 Å². The van der Waals surface area contributed by atoms with E-state index in [0.717, 1.165) is 34.9 Å². The second-order valence-corrected chi connectivity index (χ2v) is 6.08. The molecule has 0 aliphatic heterocycles. The molecule has 0 spiro atoms. The zero-order chi connectivity index (χ0) is 15.2. The van der Waals surface area contributed by atoms with Crippen molar-refractivity contribution in [1.82, 2.24) is 9.97 Å². The van der Waals surface area contributed by atoms with E-state index < -0.39 is 0 Å². The summed E-state index contributed by atoms with van der Waals surface area (Å²) in [6, 6.07) is 14.8. The minimum absolute atomic E-state index is 0.948. The number of rotatable bonds is 1. The number of aromatic amines is 1. The van der Waals surface area contributed by atoms with E-state index in [1.165, 1.54) is 21.6 Å². The van der Waals surface area contributed by atoms with E-state index in [-0.39, 0.29) is 0 Å². The molecule has 0 atom stereocenters. The quantitative estimate of drug-likeness (QED) is 0.734. The molecule has 1 aromatic heterocycles. The van der Waals surface area contributed by atoms with Gasteiger partial charge < -0.3 is 4.98 Å². The number of aromatic nitrogens is 2. The predicted molar refractivity (Wildman–Crippen MR) is 92.9 cm³/mol. The van der Waals surface area contributed by atoms with Gasteiger partial charge in [-0.15, -0.1) is 0 Å². The number of allylic oxidation sites excluding steroid dienone is 2. The Bertz CT molecular complexity index is 1150. The van der Waals surface area contributed by atoms with E-state index in [1.807, 2.05) is 18.2 Å². The lowest BCUT2D eigenvalue weighted by Crippen LogP contribution is -2.18. The molecular weight excluding hydrogens is 280 g/mol. The molecule has 0 amide bonds. The Morgan fingerprint density at radius 2 is 1.83 bits per heavy atom. The van der Waals surface area contributed by atoms with Gasteiger partial charge in [-0.1, -0.05) is 66.8 Å². The van der Waals surface area contributed by atoms with Crippen molar-refractivity contribution < 1.29 is 0 Å². The summed E-state index contributed by atoms with van der Waals surface area (Å²) < 4.78 is 0. The van der Waals surface area contributed by atoms with Crippen LogP contribution in [0.25, 0.3) is 23.5 Å². The summed E-state index contributed by atoms with van der Waals surface area (Å²) in [5.74, 6) is 0.948. The molecule has 2 aliphatic rings. The third-order valence-electron chi connectivity index (χ3n) is 4.75. The van der Waals surface area contributed by atoms with E-state index in [4.69, 9.17) is 4.98 Å². The monoisotopic (exact) mass is 296 g/mol. The molecule has 0 radical (unpaired) electrons. The van der Waals surface area contributed by atoms with Gasteiger partial charge in [-0.2, -0.15) is 0 Å². The van der Waals surface area contributed by atoms with Crippen molar-refractivity contribution in [3.05, 3.63) is 86.9 Å². The molecule has 1 N–H and O–H groups in total. The molecule has 2 aliphatic carbocycles. The minimum Gasteiger partial charge on any atom is -0.338 e. The van der Waals surface area contributed by atoms with Gasteiger partial charge in [0.15, 0.2) is 0 Å². The Kier molecular flexibility index (Phi) is 2.65. The van der Waals surface area contributed by atoms with E-state index in [9.17, 15) is 0 Å². The van der Waals surface area contributed by atoms with Crippen LogP contribution in [0.5, 0.6) is 0 Å². The van der Waals surface area contributed by atoms with Crippen molar-refractivity contribution in [1.29, 1.82) is 0 Å². The number of nitrogens with one attached hydrogen (secondary N) is 1. The van der Waals surface area contributed by atoms with Gasteiger partial charge in [-0.3, -0.25) is 0 Å². The molecule has 23 heavy (non-hydrogen) atoms. The number of hydrogen-bond acceptors (Lipinski definition) is 1. The first-order valence-electron chi connectivity index (χ1n) is 8.04. The highest BCUT2D eigenvalue weighted by atomic mass is 14.9. The van der Waals surface area contributed by atoms with Gasteiger partial charge >= 0.3 is 0 Å². The first-order chi connectivity index (χ1) is 11.4. The summed E-state index contributed by atoms with van der Waals surface area (Å²) in [4.78, 5) is 8.38. The van der Waals surface area contributed by atoms with Gasteiger partial charge in [0.2, 0.25) is 0 Å². The van der Waals surface area contributed by atoms with Crippen LogP contribution >= 0.6 is 0 Å². The zero-order valence-electron chi connectivity index (χ0n) is 12.7. The van der Waals surface area contributed by atoms with E-state index >= 15 is 0 Å². The minimum atomic E-state index is 0.948. The molecule has 0 saturated carbocycles. The number of imidazole rings is 1. The van der Waals surface area contributed by atoms with E-state index in [1.54, 1.807) is 0 Å². The average molecular weight is 296 g/mol. The van der Waals surface area contributed by atoms with Crippen LogP contribution in [0.3, 0.4) is 0 Å². The second kappa shape index (κ2) is 4.82. The Hall–Kier alpha value is -2.87. The van der Waals surface area contributed by atoms with Gasteiger partial charge in [0.05, 0.1) is 10.7 Å². The molecule has 0 unspecified atom stereocenters. The Morgan fingerprint density at radius 1 is 0.913 bits per heavy atom. The Morgan fingerprint density at radius 3 is 2.74 bits per heavy atom. The predicted octanol–water partition coefficient (Wildman–Crippen LogP) is 2.59. The Balaban J connectivity index is 1.85. The molecule has 0 fully saturated rings. The van der Waals surface area contributed by atoms with Crippen LogP contribution in [-0.2, 0) is 12.8 Å². The van der Waals surface area contributed by atoms with Crippen LogP contribution in [0.15, 0.2) is 54.6 Å². The van der Waals surface area contributed by atoms with Crippen molar-refractivity contribution in [3.8, 4) is 11.4 Å². The second-order valence-electron chi connectivity index (χ2n) is 6.08. The number of fused-ring (bicyclic) bond motifs is 4. The first kappa shape index (κ1) is 12.7. The van der Waals surface area contributed by atoms with Crippen molar-refractivity contribution in [2.45, 2.75) is 12.8 Å².